The van der Waals surface area contributed by atoms with Crippen molar-refractivity contribution in [1.29, 1.82) is 0 Å². The van der Waals surface area contributed by atoms with Gasteiger partial charge >= 0.3 is 0 Å². The number of piperidine rings is 1. The number of likely N-dealkylation sites (tertiary alicyclic amines) is 1. The number of aromatic nitrogens is 1. The number of nitrogens with zero attached hydrogens (tertiary/aromatic N) is 2. The number of benzene rings is 1. The van der Waals surface area contributed by atoms with E-state index in [1.807, 2.05) is 19.9 Å². The van der Waals surface area contributed by atoms with E-state index in [2.05, 4.69) is 48.0 Å². The summed E-state index contributed by atoms with van der Waals surface area (Å²) in [5, 5.41) is 3.18. The van der Waals surface area contributed by atoms with Gasteiger partial charge in [0, 0.05) is 36.2 Å². The first-order valence-corrected chi connectivity index (χ1v) is 11.3. The van der Waals surface area contributed by atoms with Gasteiger partial charge in [-0.1, -0.05) is 26.0 Å². The number of hydrogen-bond donors (Lipinski definition) is 1. The largest absolute Gasteiger partial charge is 0.459 e. The van der Waals surface area contributed by atoms with Crippen LogP contribution in [0.4, 0.5) is 0 Å². The minimum Gasteiger partial charge on any atom is -0.459 e. The molecule has 4 rings (SSSR count). The molecule has 1 saturated heterocycles. The Labute approximate surface area is 189 Å². The van der Waals surface area contributed by atoms with E-state index in [1.54, 1.807) is 17.0 Å². The van der Waals surface area contributed by atoms with Gasteiger partial charge in [0.15, 0.2) is 5.76 Å². The number of hydrogen-bond acceptors (Lipinski definition) is 3. The number of rotatable bonds is 5. The summed E-state index contributed by atoms with van der Waals surface area (Å²) in [4.78, 5) is 27.3. The third kappa shape index (κ3) is 4.35. The van der Waals surface area contributed by atoms with Crippen molar-refractivity contribution in [2.24, 2.45) is 0 Å². The molecule has 2 amide bonds. The highest BCUT2D eigenvalue weighted by Gasteiger charge is 2.27. The molecule has 1 fully saturated rings. The maximum absolute atomic E-state index is 13.1. The summed E-state index contributed by atoms with van der Waals surface area (Å²) in [6.45, 7) is 9.60. The molecule has 3 aromatic rings. The molecule has 32 heavy (non-hydrogen) atoms. The Kier molecular flexibility index (Phi) is 6.21. The highest BCUT2D eigenvalue weighted by molar-refractivity contribution is 5.96. The first-order valence-electron chi connectivity index (χ1n) is 11.3. The van der Waals surface area contributed by atoms with E-state index in [0.717, 1.165) is 29.9 Å². The van der Waals surface area contributed by atoms with Gasteiger partial charge in [0.2, 0.25) is 0 Å². The zero-order valence-electron chi connectivity index (χ0n) is 19.2. The maximum atomic E-state index is 13.1. The van der Waals surface area contributed by atoms with Crippen LogP contribution in [0.15, 0.2) is 53.1 Å². The number of furan rings is 1. The predicted octanol–water partition coefficient (Wildman–Crippen LogP) is 4.85. The van der Waals surface area contributed by atoms with Crippen molar-refractivity contribution >= 4 is 11.8 Å². The molecule has 0 unspecified atom stereocenters. The molecule has 0 aliphatic carbocycles. The summed E-state index contributed by atoms with van der Waals surface area (Å²) in [5.41, 5.74) is 5.03. The number of carbonyl (C=O) groups is 2. The van der Waals surface area contributed by atoms with E-state index in [1.165, 1.54) is 11.8 Å². The first kappa shape index (κ1) is 21.9. The van der Waals surface area contributed by atoms with Crippen molar-refractivity contribution < 1.29 is 14.0 Å². The fourth-order valence-corrected chi connectivity index (χ4v) is 4.46. The molecule has 168 valence electrons. The van der Waals surface area contributed by atoms with Crippen LogP contribution >= 0.6 is 0 Å². The van der Waals surface area contributed by atoms with Crippen LogP contribution in [0.3, 0.4) is 0 Å². The molecular formula is C26H31N3O3. The fourth-order valence-electron chi connectivity index (χ4n) is 4.46. The van der Waals surface area contributed by atoms with Gasteiger partial charge in [-0.2, -0.15) is 0 Å². The fraction of sp³-hybridized carbons (Fsp3) is 0.385. The minimum atomic E-state index is -0.0908. The van der Waals surface area contributed by atoms with E-state index in [0.29, 0.717) is 30.3 Å². The Morgan fingerprint density at radius 1 is 1.06 bits per heavy atom. The van der Waals surface area contributed by atoms with Crippen LogP contribution in [-0.2, 0) is 0 Å². The molecule has 1 aliphatic rings. The minimum absolute atomic E-state index is 0.0514. The van der Waals surface area contributed by atoms with Gasteiger partial charge in [0.25, 0.3) is 11.8 Å². The molecule has 1 N–H and O–H groups in total. The van der Waals surface area contributed by atoms with Gasteiger partial charge in [0.05, 0.1) is 11.8 Å². The van der Waals surface area contributed by atoms with Crippen LogP contribution < -0.4 is 5.32 Å². The lowest BCUT2D eigenvalue weighted by Crippen LogP contribution is -2.46. The first-order chi connectivity index (χ1) is 15.3. The molecule has 0 radical (unpaired) electrons. The van der Waals surface area contributed by atoms with Gasteiger partial charge in [-0.15, -0.1) is 0 Å². The molecule has 6 heteroatoms. The van der Waals surface area contributed by atoms with Gasteiger partial charge in [0.1, 0.15) is 0 Å². The van der Waals surface area contributed by atoms with Crippen molar-refractivity contribution in [1.82, 2.24) is 14.8 Å². The predicted molar refractivity (Wildman–Crippen MR) is 124 cm³/mol. The summed E-state index contributed by atoms with van der Waals surface area (Å²) in [5.74, 6) is 0.660. The smallest absolute Gasteiger partial charge is 0.289 e. The van der Waals surface area contributed by atoms with E-state index in [9.17, 15) is 9.59 Å². The second kappa shape index (κ2) is 9.07. The average Bonchev–Trinajstić information content (AvgIpc) is 3.42. The van der Waals surface area contributed by atoms with Gasteiger partial charge in [-0.3, -0.25) is 9.59 Å². The van der Waals surface area contributed by atoms with E-state index < -0.39 is 0 Å². The summed E-state index contributed by atoms with van der Waals surface area (Å²) in [7, 11) is 0. The monoisotopic (exact) mass is 433 g/mol. The van der Waals surface area contributed by atoms with Gasteiger partial charge in [-0.05, 0) is 68.5 Å². The molecule has 0 saturated carbocycles. The van der Waals surface area contributed by atoms with Crippen molar-refractivity contribution in [3.05, 3.63) is 77.0 Å². The number of amides is 2. The third-order valence-electron chi connectivity index (χ3n) is 6.32. The quantitative estimate of drug-likeness (QED) is 0.626. The molecular weight excluding hydrogens is 402 g/mol. The Morgan fingerprint density at radius 3 is 2.47 bits per heavy atom. The summed E-state index contributed by atoms with van der Waals surface area (Å²) < 4.78 is 7.36. The average molecular weight is 434 g/mol. The third-order valence-corrected chi connectivity index (χ3v) is 6.32. The lowest BCUT2D eigenvalue weighted by molar-refractivity contribution is 0.0667. The molecule has 1 aromatic carbocycles. The van der Waals surface area contributed by atoms with Crippen LogP contribution in [0, 0.1) is 13.8 Å². The van der Waals surface area contributed by atoms with Crippen molar-refractivity contribution in [2.45, 2.75) is 52.5 Å². The van der Waals surface area contributed by atoms with Crippen molar-refractivity contribution in [3.8, 4) is 5.69 Å². The van der Waals surface area contributed by atoms with E-state index >= 15 is 0 Å². The zero-order chi connectivity index (χ0) is 22.8. The van der Waals surface area contributed by atoms with Gasteiger partial charge < -0.3 is 19.2 Å². The van der Waals surface area contributed by atoms with Crippen LogP contribution in [0.2, 0.25) is 0 Å². The molecule has 2 aromatic heterocycles. The molecule has 0 bridgehead atoms. The number of aryl methyl sites for hydroxylation is 1. The summed E-state index contributed by atoms with van der Waals surface area (Å²) in [6.07, 6.45) is 2.97. The van der Waals surface area contributed by atoms with E-state index in [4.69, 9.17) is 4.42 Å². The zero-order valence-corrected chi connectivity index (χ0v) is 19.2. The Morgan fingerprint density at radius 2 is 1.81 bits per heavy atom. The number of nitrogens with one attached hydrogen (secondary N) is 1. The molecule has 0 spiro atoms. The Balaban J connectivity index is 1.43. The van der Waals surface area contributed by atoms with Crippen LogP contribution in [0.1, 0.15) is 70.5 Å². The standard InChI is InChI=1S/C26H31N3O3/c1-17(2)20-7-5-8-22(16-20)29-18(3)15-23(19(29)4)25(30)27-21-10-12-28(13-11-21)26(31)24-9-6-14-32-24/h5-9,14-17,21H,10-13H2,1-4H3,(H,27,30). The van der Waals surface area contributed by atoms with Gasteiger partial charge in [-0.25, -0.2) is 0 Å². The Hall–Kier alpha value is -3.28. The molecule has 6 nitrogen and oxygen atoms in total. The van der Waals surface area contributed by atoms with Crippen LogP contribution in [-0.4, -0.2) is 40.4 Å². The Bertz CT molecular complexity index is 1100. The summed E-state index contributed by atoms with van der Waals surface area (Å²) >= 11 is 0. The lowest BCUT2D eigenvalue weighted by atomic mass is 10.0. The van der Waals surface area contributed by atoms with E-state index in [-0.39, 0.29) is 17.9 Å². The van der Waals surface area contributed by atoms with Crippen LogP contribution in [0.5, 0.6) is 0 Å². The van der Waals surface area contributed by atoms with Crippen molar-refractivity contribution in [2.75, 3.05) is 13.1 Å². The maximum Gasteiger partial charge on any atom is 0.289 e. The second-order valence-electron chi connectivity index (χ2n) is 8.89. The normalized spacial score (nSPS) is 14.7. The molecule has 1 aliphatic heterocycles. The second-order valence-corrected chi connectivity index (χ2v) is 8.89. The highest BCUT2D eigenvalue weighted by atomic mass is 16.3. The lowest BCUT2D eigenvalue weighted by Gasteiger charge is -2.31. The highest BCUT2D eigenvalue weighted by Crippen LogP contribution is 2.24. The topological polar surface area (TPSA) is 67.5 Å². The van der Waals surface area contributed by atoms with Crippen molar-refractivity contribution in [3.63, 3.8) is 0 Å². The molecule has 3 heterocycles. The van der Waals surface area contributed by atoms with Crippen LogP contribution in [0.25, 0.3) is 5.69 Å². The molecule has 0 atom stereocenters. The number of carbonyl (C=O) groups excluding carboxylic acids is 2. The SMILES string of the molecule is Cc1cc(C(=O)NC2CCN(C(=O)c3ccco3)CC2)c(C)n1-c1cccc(C(C)C)c1. The summed E-state index contributed by atoms with van der Waals surface area (Å²) in [6, 6.07) is 13.9.